The van der Waals surface area contributed by atoms with E-state index in [1.165, 1.54) is 0 Å². The molecule has 31 heavy (non-hydrogen) atoms. The molecule has 0 amide bonds. The molecule has 0 saturated heterocycles. The van der Waals surface area contributed by atoms with Gasteiger partial charge in [0.15, 0.2) is 0 Å². The molecular weight excluding hydrogens is 416 g/mol. The van der Waals surface area contributed by atoms with Crippen molar-refractivity contribution in [3.05, 3.63) is 89.5 Å². The number of hydrogen-bond donors (Lipinski definition) is 3. The minimum absolute atomic E-state index is 0.189. The van der Waals surface area contributed by atoms with E-state index in [0.29, 0.717) is 25.2 Å². The van der Waals surface area contributed by atoms with Gasteiger partial charge >= 0.3 is 0 Å². The topological polar surface area (TPSA) is 104 Å². The van der Waals surface area contributed by atoms with Gasteiger partial charge in [0.05, 0.1) is 12.4 Å². The predicted octanol–water partition coefficient (Wildman–Crippen LogP) is 4.50. The molecule has 164 valence electrons. The first-order valence-corrected chi connectivity index (χ1v) is 11.6. The van der Waals surface area contributed by atoms with Crippen molar-refractivity contribution in [3.63, 3.8) is 0 Å². The molecule has 0 aliphatic carbocycles. The third-order valence-corrected chi connectivity index (χ3v) is 6.19. The normalized spacial score (nSPS) is 11.9. The minimum Gasteiger partial charge on any atom is -0.508 e. The van der Waals surface area contributed by atoms with E-state index in [2.05, 4.69) is 6.92 Å². The van der Waals surface area contributed by atoms with Gasteiger partial charge in [0.25, 0.3) is 10.1 Å². The lowest BCUT2D eigenvalue weighted by Gasteiger charge is -2.32. The molecule has 0 unspecified atom stereocenters. The molecule has 3 aromatic carbocycles. The highest BCUT2D eigenvalue weighted by Crippen LogP contribution is 2.40. The summed E-state index contributed by atoms with van der Waals surface area (Å²) >= 11 is 0. The van der Waals surface area contributed by atoms with E-state index in [4.69, 9.17) is 9.29 Å². The van der Waals surface area contributed by atoms with Crippen molar-refractivity contribution in [2.45, 2.75) is 25.2 Å². The number of benzene rings is 3. The third-order valence-electron chi connectivity index (χ3n) is 5.39. The SMILES string of the molecule is CC(c1ccc(O)cc1)(c1ccc(O)cc1)c1ccc(OCCCCS(=O)(=O)O)cc1. The second-order valence-corrected chi connectivity index (χ2v) is 9.16. The molecule has 0 aliphatic rings. The molecular formula is C24H26O6S. The van der Waals surface area contributed by atoms with Gasteiger partial charge in [-0.05, 0) is 72.9 Å². The Morgan fingerprint density at radius 1 is 0.742 bits per heavy atom. The lowest BCUT2D eigenvalue weighted by atomic mass is 9.71. The van der Waals surface area contributed by atoms with Crippen LogP contribution in [0.25, 0.3) is 0 Å². The molecule has 0 heterocycles. The van der Waals surface area contributed by atoms with Crippen LogP contribution in [-0.2, 0) is 15.5 Å². The van der Waals surface area contributed by atoms with E-state index in [-0.39, 0.29) is 17.3 Å². The summed E-state index contributed by atoms with van der Waals surface area (Å²) in [6.07, 6.45) is 0.844. The van der Waals surface area contributed by atoms with Crippen molar-refractivity contribution in [1.82, 2.24) is 0 Å². The molecule has 6 nitrogen and oxygen atoms in total. The molecule has 0 spiro atoms. The summed E-state index contributed by atoms with van der Waals surface area (Å²) < 4.78 is 36.0. The fourth-order valence-corrected chi connectivity index (χ4v) is 4.12. The van der Waals surface area contributed by atoms with Crippen molar-refractivity contribution in [3.8, 4) is 17.2 Å². The van der Waals surface area contributed by atoms with E-state index >= 15 is 0 Å². The van der Waals surface area contributed by atoms with E-state index in [9.17, 15) is 18.6 Å². The van der Waals surface area contributed by atoms with Crippen molar-refractivity contribution in [1.29, 1.82) is 0 Å². The maximum Gasteiger partial charge on any atom is 0.264 e. The van der Waals surface area contributed by atoms with Crippen molar-refractivity contribution in [2.75, 3.05) is 12.4 Å². The standard InChI is InChI=1S/C24H26O6S/c1-24(18-4-10-21(25)11-5-18,19-6-12-22(26)13-7-19)20-8-14-23(15-9-20)30-16-2-3-17-31(27,28)29/h4-15,25-26H,2-3,16-17H2,1H3,(H,27,28,29). The van der Waals surface area contributed by atoms with Crippen molar-refractivity contribution >= 4 is 10.1 Å². The predicted molar refractivity (Wildman–Crippen MR) is 119 cm³/mol. The van der Waals surface area contributed by atoms with Crippen LogP contribution < -0.4 is 4.74 Å². The molecule has 3 aromatic rings. The molecule has 0 radical (unpaired) electrons. The number of hydrogen-bond acceptors (Lipinski definition) is 5. The van der Waals surface area contributed by atoms with Crippen LogP contribution in [0.4, 0.5) is 0 Å². The molecule has 0 fully saturated rings. The Bertz CT molecular complexity index is 1040. The molecule has 0 aliphatic heterocycles. The molecule has 0 saturated carbocycles. The zero-order valence-corrected chi connectivity index (χ0v) is 18.0. The summed E-state index contributed by atoms with van der Waals surface area (Å²) in [5.74, 6) is 0.769. The fraction of sp³-hybridized carbons (Fsp3) is 0.250. The summed E-state index contributed by atoms with van der Waals surface area (Å²) in [7, 11) is -3.94. The number of ether oxygens (including phenoxy) is 1. The van der Waals surface area contributed by atoms with Crippen LogP contribution in [0.5, 0.6) is 17.2 Å². The first-order valence-electron chi connectivity index (χ1n) is 9.96. The van der Waals surface area contributed by atoms with E-state index in [1.807, 2.05) is 48.5 Å². The Kier molecular flexibility index (Phi) is 6.87. The number of phenolic OH excluding ortho intramolecular Hbond substituents is 2. The largest absolute Gasteiger partial charge is 0.508 e. The number of phenols is 2. The van der Waals surface area contributed by atoms with Gasteiger partial charge in [0.2, 0.25) is 0 Å². The Hall–Kier alpha value is -3.03. The van der Waals surface area contributed by atoms with E-state index < -0.39 is 15.5 Å². The molecule has 3 rings (SSSR count). The van der Waals surface area contributed by atoms with Gasteiger partial charge in [0, 0.05) is 5.41 Å². The monoisotopic (exact) mass is 442 g/mol. The molecule has 0 aromatic heterocycles. The van der Waals surface area contributed by atoms with Gasteiger partial charge in [0.1, 0.15) is 17.2 Å². The van der Waals surface area contributed by atoms with E-state index in [1.54, 1.807) is 24.3 Å². The first-order chi connectivity index (χ1) is 14.7. The zero-order chi connectivity index (χ0) is 22.5. The van der Waals surface area contributed by atoms with Crippen molar-refractivity contribution < 1.29 is 27.9 Å². The number of aromatic hydroxyl groups is 2. The van der Waals surface area contributed by atoms with Crippen LogP contribution in [0, 0.1) is 0 Å². The highest BCUT2D eigenvalue weighted by atomic mass is 32.2. The summed E-state index contributed by atoms with van der Waals surface area (Å²) in [4.78, 5) is 0. The smallest absolute Gasteiger partial charge is 0.264 e. The van der Waals surface area contributed by atoms with Crippen LogP contribution in [0.3, 0.4) is 0 Å². The van der Waals surface area contributed by atoms with Crippen LogP contribution in [0.2, 0.25) is 0 Å². The van der Waals surface area contributed by atoms with E-state index in [0.717, 1.165) is 16.7 Å². The van der Waals surface area contributed by atoms with Gasteiger partial charge in [-0.15, -0.1) is 0 Å². The average Bonchev–Trinajstić information content (AvgIpc) is 2.73. The number of rotatable bonds is 9. The van der Waals surface area contributed by atoms with Crippen LogP contribution in [-0.4, -0.2) is 35.5 Å². The summed E-state index contributed by atoms with van der Waals surface area (Å²) in [5, 5.41) is 19.4. The number of unbranched alkanes of at least 4 members (excludes halogenated alkanes) is 1. The first kappa shape index (κ1) is 22.7. The minimum atomic E-state index is -3.94. The zero-order valence-electron chi connectivity index (χ0n) is 17.2. The molecule has 7 heteroatoms. The lowest BCUT2D eigenvalue weighted by Crippen LogP contribution is -2.25. The van der Waals surface area contributed by atoms with Gasteiger partial charge in [-0.3, -0.25) is 4.55 Å². The third kappa shape index (κ3) is 5.77. The second kappa shape index (κ2) is 9.41. The second-order valence-electron chi connectivity index (χ2n) is 7.58. The Labute approximate surface area is 182 Å². The summed E-state index contributed by atoms with van der Waals surface area (Å²) in [6.45, 7) is 2.43. The maximum atomic E-state index is 10.8. The Morgan fingerprint density at radius 2 is 1.16 bits per heavy atom. The molecule has 3 N–H and O–H groups in total. The van der Waals surface area contributed by atoms with Crippen LogP contribution >= 0.6 is 0 Å². The fourth-order valence-electron chi connectivity index (χ4n) is 3.55. The summed E-state index contributed by atoms with van der Waals surface area (Å²) in [6, 6.07) is 21.8. The lowest BCUT2D eigenvalue weighted by molar-refractivity contribution is 0.309. The Morgan fingerprint density at radius 3 is 1.58 bits per heavy atom. The van der Waals surface area contributed by atoms with Crippen LogP contribution in [0.15, 0.2) is 72.8 Å². The highest BCUT2D eigenvalue weighted by Gasteiger charge is 2.31. The quantitative estimate of drug-likeness (QED) is 0.256. The Balaban J connectivity index is 1.81. The van der Waals surface area contributed by atoms with Gasteiger partial charge in [-0.25, -0.2) is 0 Å². The maximum absolute atomic E-state index is 10.8. The van der Waals surface area contributed by atoms with Gasteiger partial charge in [-0.1, -0.05) is 36.4 Å². The molecule has 0 atom stereocenters. The average molecular weight is 443 g/mol. The van der Waals surface area contributed by atoms with Crippen molar-refractivity contribution in [2.24, 2.45) is 0 Å². The van der Waals surface area contributed by atoms with Gasteiger partial charge in [-0.2, -0.15) is 8.42 Å². The summed E-state index contributed by atoms with van der Waals surface area (Å²) in [5.41, 5.74) is 2.43. The van der Waals surface area contributed by atoms with Crippen LogP contribution in [0.1, 0.15) is 36.5 Å². The van der Waals surface area contributed by atoms with Gasteiger partial charge < -0.3 is 14.9 Å². The molecule has 0 bridgehead atoms. The highest BCUT2D eigenvalue weighted by molar-refractivity contribution is 7.85.